The number of likely N-dealkylation sites (N-methyl/N-ethyl adjacent to an activating group) is 1. The van der Waals surface area contributed by atoms with Crippen LogP contribution in [0.1, 0.15) is 213 Å². The van der Waals surface area contributed by atoms with Crippen LogP contribution in [0.2, 0.25) is 0 Å². The fraction of sp³-hybridized carbons (Fsp3) is 0.808. The van der Waals surface area contributed by atoms with E-state index >= 15 is 0 Å². The summed E-state index contributed by atoms with van der Waals surface area (Å²) in [6.07, 6.45) is 49.0. The summed E-state index contributed by atoms with van der Waals surface area (Å²) in [5, 5.41) is 9.92. The van der Waals surface area contributed by atoms with Crippen molar-refractivity contribution in [2.24, 2.45) is 0 Å². The molecule has 0 aromatic rings. The van der Waals surface area contributed by atoms with Crippen molar-refractivity contribution < 1.29 is 47.2 Å². The highest BCUT2D eigenvalue weighted by atomic mass is 31.2. The van der Waals surface area contributed by atoms with Crippen LogP contribution in [0.3, 0.4) is 0 Å². The van der Waals surface area contributed by atoms with Crippen LogP contribution in [-0.2, 0) is 32.7 Å². The predicted octanol–water partition coefficient (Wildman–Crippen LogP) is 13.4. The molecule has 0 aromatic heterocycles. The van der Waals surface area contributed by atoms with Gasteiger partial charge in [0.1, 0.15) is 19.8 Å². The zero-order valence-corrected chi connectivity index (χ0v) is 42.0. The summed E-state index contributed by atoms with van der Waals surface area (Å²) in [6, 6.07) is 0. The largest absolute Gasteiger partial charge is 0.756 e. The molecule has 0 rings (SSSR count). The summed E-state index contributed by atoms with van der Waals surface area (Å²) in [4.78, 5) is 37.7. The maximum absolute atomic E-state index is 12.7. The number of phosphoric acid groups is 1. The molecule has 0 saturated carbocycles. The molecule has 0 saturated heterocycles. The van der Waals surface area contributed by atoms with E-state index in [2.05, 4.69) is 32.1 Å². The molecule has 0 aliphatic rings. The maximum atomic E-state index is 12.7. The van der Waals surface area contributed by atoms with Gasteiger partial charge in [-0.2, -0.15) is 0 Å². The van der Waals surface area contributed by atoms with Crippen molar-refractivity contribution in [1.82, 2.24) is 0 Å². The fourth-order valence-corrected chi connectivity index (χ4v) is 7.66. The van der Waals surface area contributed by atoms with Crippen molar-refractivity contribution in [2.75, 3.05) is 47.5 Å². The van der Waals surface area contributed by atoms with Crippen molar-refractivity contribution in [3.63, 3.8) is 0 Å². The maximum Gasteiger partial charge on any atom is 0.306 e. The number of allylic oxidation sites excluding steroid dienone is 7. The van der Waals surface area contributed by atoms with E-state index in [1.807, 2.05) is 51.5 Å². The highest BCUT2D eigenvalue weighted by Gasteiger charge is 2.21. The van der Waals surface area contributed by atoms with E-state index in [1.54, 1.807) is 0 Å². The Morgan fingerprint density at radius 2 is 1.06 bits per heavy atom. The van der Waals surface area contributed by atoms with E-state index in [9.17, 15) is 24.2 Å². The van der Waals surface area contributed by atoms with Crippen LogP contribution in [0.15, 0.2) is 48.6 Å². The van der Waals surface area contributed by atoms with E-state index in [0.717, 1.165) is 57.8 Å². The van der Waals surface area contributed by atoms with E-state index in [4.69, 9.17) is 18.5 Å². The van der Waals surface area contributed by atoms with Gasteiger partial charge in [0.05, 0.1) is 33.9 Å². The molecular formula is C52H96NO9P. The standard InChI is InChI=1S/C52H96NO9P/c1-6-8-10-11-12-13-14-15-16-17-18-19-20-21-22-23-26-30-33-36-40-44-52(56)62-50(48-61-63(57,58)60-46-45-53(3,4)5)47-59-51(55)43-39-35-32-29-27-24-25-28-31-34-38-42-49(54)41-37-9-7-2/h24-25,29,31-32,34,38,42,49-50,54H,6-23,26-28,30,33,35-37,39-41,43-48H2,1-5H3/b25-24-,32-29-,34-31-,42-38+/t49-,50-/m1/s1. The minimum Gasteiger partial charge on any atom is -0.756 e. The Kier molecular flexibility index (Phi) is 42.4. The van der Waals surface area contributed by atoms with Gasteiger partial charge >= 0.3 is 11.9 Å². The molecule has 1 unspecified atom stereocenters. The molecular weight excluding hydrogens is 814 g/mol. The lowest BCUT2D eigenvalue weighted by molar-refractivity contribution is -0.870. The molecule has 0 aliphatic heterocycles. The first-order valence-electron chi connectivity index (χ1n) is 25.5. The van der Waals surface area contributed by atoms with Gasteiger partial charge in [0, 0.05) is 12.8 Å². The molecule has 0 fully saturated rings. The van der Waals surface area contributed by atoms with Crippen molar-refractivity contribution in [2.45, 2.75) is 225 Å². The number of esters is 2. The van der Waals surface area contributed by atoms with Crippen LogP contribution < -0.4 is 4.89 Å². The summed E-state index contributed by atoms with van der Waals surface area (Å²) in [6.45, 7) is 4.05. The summed E-state index contributed by atoms with van der Waals surface area (Å²) >= 11 is 0. The van der Waals surface area contributed by atoms with Gasteiger partial charge in [-0.05, 0) is 38.5 Å². The molecule has 63 heavy (non-hydrogen) atoms. The molecule has 0 spiro atoms. The average molecular weight is 910 g/mol. The zero-order valence-electron chi connectivity index (χ0n) is 41.1. The van der Waals surface area contributed by atoms with Gasteiger partial charge in [-0.3, -0.25) is 14.2 Å². The van der Waals surface area contributed by atoms with Gasteiger partial charge in [0.2, 0.25) is 0 Å². The Labute approximate surface area is 386 Å². The van der Waals surface area contributed by atoms with E-state index in [0.29, 0.717) is 30.3 Å². The first-order valence-corrected chi connectivity index (χ1v) is 26.9. The van der Waals surface area contributed by atoms with Crippen molar-refractivity contribution in [3.8, 4) is 0 Å². The second-order valence-electron chi connectivity index (χ2n) is 18.4. The Bertz CT molecular complexity index is 1230. The lowest BCUT2D eigenvalue weighted by atomic mass is 10.0. The number of hydrogen-bond acceptors (Lipinski definition) is 9. The smallest absolute Gasteiger partial charge is 0.306 e. The van der Waals surface area contributed by atoms with Crippen LogP contribution in [0.25, 0.3) is 0 Å². The minimum absolute atomic E-state index is 0.0467. The number of aliphatic hydroxyl groups excluding tert-OH is 1. The number of phosphoric ester groups is 1. The van der Waals surface area contributed by atoms with Gasteiger partial charge in [-0.25, -0.2) is 0 Å². The number of carbonyl (C=O) groups is 2. The predicted molar refractivity (Wildman–Crippen MR) is 260 cm³/mol. The third kappa shape index (κ3) is 47.7. The molecule has 0 radical (unpaired) electrons. The number of quaternary nitrogens is 1. The summed E-state index contributed by atoms with van der Waals surface area (Å²) in [5.74, 6) is -0.920. The molecule has 1 N–H and O–H groups in total. The van der Waals surface area contributed by atoms with Gasteiger partial charge in [0.15, 0.2) is 6.10 Å². The first-order chi connectivity index (χ1) is 30.4. The van der Waals surface area contributed by atoms with Crippen LogP contribution >= 0.6 is 7.82 Å². The normalized spacial score (nSPS) is 14.3. The summed E-state index contributed by atoms with van der Waals surface area (Å²) in [7, 11) is 1.11. The molecule has 0 aliphatic carbocycles. The van der Waals surface area contributed by atoms with Crippen LogP contribution in [0.5, 0.6) is 0 Å². The van der Waals surface area contributed by atoms with Gasteiger partial charge in [0.25, 0.3) is 7.82 Å². The topological polar surface area (TPSA) is 131 Å². The quantitative estimate of drug-likeness (QED) is 0.0158. The third-order valence-electron chi connectivity index (χ3n) is 11.0. The monoisotopic (exact) mass is 910 g/mol. The molecule has 11 heteroatoms. The fourth-order valence-electron chi connectivity index (χ4n) is 6.94. The SMILES string of the molecule is CCCCCCCCCCCCCCCCCCCCCCCC(=O)O[C@H](COC(=O)CCC/C=C\C/C=C\C/C=C\C=C\[C@H](O)CCCCC)COP(=O)([O-])OCC[N+](C)(C)C. The van der Waals surface area contributed by atoms with Crippen LogP contribution in [-0.4, -0.2) is 81.2 Å². The molecule has 10 nitrogen and oxygen atoms in total. The number of aliphatic hydroxyl groups is 1. The summed E-state index contributed by atoms with van der Waals surface area (Å²) in [5.41, 5.74) is 0. The van der Waals surface area contributed by atoms with Crippen LogP contribution in [0, 0.1) is 0 Å². The zero-order chi connectivity index (χ0) is 46.5. The number of nitrogens with zero attached hydrogens (tertiary/aromatic N) is 1. The highest BCUT2D eigenvalue weighted by Crippen LogP contribution is 2.38. The second-order valence-corrected chi connectivity index (χ2v) is 19.8. The molecule has 0 amide bonds. The highest BCUT2D eigenvalue weighted by molar-refractivity contribution is 7.45. The van der Waals surface area contributed by atoms with Crippen LogP contribution in [0.4, 0.5) is 0 Å². The molecule has 0 heterocycles. The molecule has 0 aromatic carbocycles. The number of hydrogen-bond donors (Lipinski definition) is 1. The number of rotatable bonds is 46. The molecule has 368 valence electrons. The Morgan fingerprint density at radius 3 is 1.60 bits per heavy atom. The van der Waals surface area contributed by atoms with Gasteiger partial charge in [-0.1, -0.05) is 210 Å². The minimum atomic E-state index is -4.65. The van der Waals surface area contributed by atoms with Crippen molar-refractivity contribution in [1.29, 1.82) is 0 Å². The first kappa shape index (κ1) is 60.9. The van der Waals surface area contributed by atoms with Crippen molar-refractivity contribution in [3.05, 3.63) is 48.6 Å². The van der Waals surface area contributed by atoms with Gasteiger partial charge < -0.3 is 33.0 Å². The van der Waals surface area contributed by atoms with E-state index < -0.39 is 32.5 Å². The number of ether oxygens (including phenoxy) is 2. The summed E-state index contributed by atoms with van der Waals surface area (Å²) < 4.78 is 33.9. The Balaban J connectivity index is 4.35. The molecule has 0 bridgehead atoms. The Morgan fingerprint density at radius 1 is 0.587 bits per heavy atom. The Hall–Kier alpha value is -2.07. The second kappa shape index (κ2) is 43.8. The van der Waals surface area contributed by atoms with E-state index in [1.165, 1.54) is 109 Å². The average Bonchev–Trinajstić information content (AvgIpc) is 3.23. The van der Waals surface area contributed by atoms with Gasteiger partial charge in [-0.15, -0.1) is 0 Å². The van der Waals surface area contributed by atoms with E-state index in [-0.39, 0.29) is 32.2 Å². The lowest BCUT2D eigenvalue weighted by Crippen LogP contribution is -2.37. The van der Waals surface area contributed by atoms with Crippen molar-refractivity contribution >= 4 is 19.8 Å². The number of unbranched alkanes of at least 4 members (excludes halogenated alkanes) is 23. The lowest BCUT2D eigenvalue weighted by Gasteiger charge is -2.28. The number of carbonyl (C=O) groups excluding carboxylic acids is 2. The third-order valence-corrected chi connectivity index (χ3v) is 11.9. The molecule has 3 atom stereocenters.